The fourth-order valence-electron chi connectivity index (χ4n) is 2.37. The van der Waals surface area contributed by atoms with Crippen LogP contribution in [0.15, 0.2) is 42.5 Å². The lowest BCUT2D eigenvalue weighted by Crippen LogP contribution is -2.30. The van der Waals surface area contributed by atoms with Crippen LogP contribution in [0.1, 0.15) is 12.5 Å². The fourth-order valence-corrected chi connectivity index (χ4v) is 2.88. The van der Waals surface area contributed by atoms with Crippen LogP contribution < -0.4 is 14.4 Å². The lowest BCUT2D eigenvalue weighted by Gasteiger charge is -2.18. The van der Waals surface area contributed by atoms with E-state index in [1.165, 1.54) is 19.2 Å². The van der Waals surface area contributed by atoms with Gasteiger partial charge in [-0.15, -0.1) is 0 Å². The summed E-state index contributed by atoms with van der Waals surface area (Å²) in [6.45, 7) is 3.09. The zero-order chi connectivity index (χ0) is 21.1. The number of ether oxygens (including phenoxy) is 1. The first-order valence-electron chi connectivity index (χ1n) is 8.26. The minimum atomic E-state index is -3.37. The van der Waals surface area contributed by atoms with Gasteiger partial charge < -0.3 is 10.1 Å². The largest absolute Gasteiger partial charge is 0.481 e. The second-order valence-corrected chi connectivity index (χ2v) is 8.19. The zero-order valence-corrected chi connectivity index (χ0v) is 16.7. The Bertz CT molecular complexity index is 989. The molecule has 0 saturated carbocycles. The highest BCUT2D eigenvalue weighted by Gasteiger charge is 2.19. The molecule has 2 aromatic carbocycles. The van der Waals surface area contributed by atoms with E-state index in [1.807, 2.05) is 0 Å². The standard InChI is InChI=1S/C18H21N3O6S/c1-12-16(6-5-7-17(12)21(23)24)19-18(22)13(2)27-15-10-8-14(9-11-15)20(3)28(4,25)26/h5-11,13H,1-4H3,(H,19,22)/t13-/m1/s1. The van der Waals surface area contributed by atoms with Gasteiger partial charge in [0.25, 0.3) is 11.6 Å². The smallest absolute Gasteiger partial charge is 0.274 e. The summed E-state index contributed by atoms with van der Waals surface area (Å²) in [6, 6.07) is 10.7. The van der Waals surface area contributed by atoms with Gasteiger partial charge in [0, 0.05) is 13.1 Å². The van der Waals surface area contributed by atoms with E-state index in [4.69, 9.17) is 4.74 Å². The molecule has 0 heterocycles. The number of nitro groups is 1. The Labute approximate surface area is 163 Å². The van der Waals surface area contributed by atoms with Crippen molar-refractivity contribution < 1.29 is 22.9 Å². The van der Waals surface area contributed by atoms with Crippen molar-refractivity contribution in [2.24, 2.45) is 0 Å². The number of amides is 1. The predicted octanol–water partition coefficient (Wildman–Crippen LogP) is 2.71. The zero-order valence-electron chi connectivity index (χ0n) is 15.9. The number of nitrogens with one attached hydrogen (secondary N) is 1. The molecule has 1 atom stereocenters. The van der Waals surface area contributed by atoms with Crippen LogP contribution in [0.4, 0.5) is 17.1 Å². The molecule has 2 aromatic rings. The van der Waals surface area contributed by atoms with Gasteiger partial charge in [0.2, 0.25) is 10.0 Å². The molecule has 0 aliphatic carbocycles. The maximum atomic E-state index is 12.4. The number of hydrogen-bond donors (Lipinski definition) is 1. The first-order valence-corrected chi connectivity index (χ1v) is 10.1. The number of nitro benzene ring substituents is 1. The Morgan fingerprint density at radius 3 is 2.36 bits per heavy atom. The summed E-state index contributed by atoms with van der Waals surface area (Å²) in [4.78, 5) is 22.8. The van der Waals surface area contributed by atoms with Crippen molar-refractivity contribution in [1.29, 1.82) is 0 Å². The van der Waals surface area contributed by atoms with Crippen molar-refractivity contribution >= 4 is 33.0 Å². The third kappa shape index (κ3) is 4.97. The van der Waals surface area contributed by atoms with E-state index < -0.39 is 27.0 Å². The molecule has 0 saturated heterocycles. The predicted molar refractivity (Wildman–Crippen MR) is 106 cm³/mol. The Hall–Kier alpha value is -3.14. The molecule has 1 N–H and O–H groups in total. The highest BCUT2D eigenvalue weighted by Crippen LogP contribution is 2.26. The third-order valence-electron chi connectivity index (χ3n) is 4.14. The second kappa shape index (κ2) is 8.26. The Balaban J connectivity index is 2.07. The molecule has 0 aliphatic heterocycles. The topological polar surface area (TPSA) is 119 Å². The van der Waals surface area contributed by atoms with E-state index in [0.717, 1.165) is 10.6 Å². The summed E-state index contributed by atoms with van der Waals surface area (Å²) in [6.07, 6.45) is 0.219. The minimum absolute atomic E-state index is 0.0862. The fraction of sp³-hybridized carbons (Fsp3) is 0.278. The van der Waals surface area contributed by atoms with Gasteiger partial charge in [0.15, 0.2) is 6.10 Å². The number of carbonyl (C=O) groups excluding carboxylic acids is 1. The molecule has 9 nitrogen and oxygen atoms in total. The van der Waals surface area contributed by atoms with Crippen molar-refractivity contribution in [2.75, 3.05) is 22.9 Å². The van der Waals surface area contributed by atoms with Crippen LogP contribution in [-0.2, 0) is 14.8 Å². The van der Waals surface area contributed by atoms with Gasteiger partial charge in [-0.25, -0.2) is 8.42 Å². The number of nitrogens with zero attached hydrogens (tertiary/aromatic N) is 2. The van der Waals surface area contributed by atoms with Gasteiger partial charge in [0.1, 0.15) is 5.75 Å². The Kier molecular flexibility index (Phi) is 6.24. The van der Waals surface area contributed by atoms with Crippen LogP contribution >= 0.6 is 0 Å². The van der Waals surface area contributed by atoms with Crippen LogP contribution in [0.5, 0.6) is 5.75 Å². The van der Waals surface area contributed by atoms with E-state index >= 15 is 0 Å². The van der Waals surface area contributed by atoms with E-state index in [0.29, 0.717) is 22.7 Å². The molecule has 150 valence electrons. The van der Waals surface area contributed by atoms with Crippen molar-refractivity contribution in [1.82, 2.24) is 0 Å². The maximum Gasteiger partial charge on any atom is 0.274 e. The highest BCUT2D eigenvalue weighted by atomic mass is 32.2. The van der Waals surface area contributed by atoms with Gasteiger partial charge in [-0.05, 0) is 44.2 Å². The molecular formula is C18H21N3O6S. The molecule has 0 bridgehead atoms. The summed E-state index contributed by atoms with van der Waals surface area (Å²) >= 11 is 0. The van der Waals surface area contributed by atoms with E-state index in [2.05, 4.69) is 5.32 Å². The Morgan fingerprint density at radius 2 is 1.82 bits per heavy atom. The number of benzene rings is 2. The van der Waals surface area contributed by atoms with Crippen LogP contribution in [0.25, 0.3) is 0 Å². The molecule has 1 amide bonds. The molecule has 0 unspecified atom stereocenters. The lowest BCUT2D eigenvalue weighted by molar-refractivity contribution is -0.385. The van der Waals surface area contributed by atoms with Crippen LogP contribution in [0.2, 0.25) is 0 Å². The number of sulfonamides is 1. The van der Waals surface area contributed by atoms with Crippen LogP contribution in [0, 0.1) is 17.0 Å². The average Bonchev–Trinajstić information content (AvgIpc) is 2.62. The van der Waals surface area contributed by atoms with Crippen molar-refractivity contribution in [3.05, 3.63) is 58.1 Å². The normalized spacial score (nSPS) is 12.1. The number of anilines is 2. The molecule has 0 aromatic heterocycles. The minimum Gasteiger partial charge on any atom is -0.481 e. The molecule has 0 fully saturated rings. The van der Waals surface area contributed by atoms with Gasteiger partial charge in [-0.1, -0.05) is 6.07 Å². The van der Waals surface area contributed by atoms with Gasteiger partial charge in [0.05, 0.1) is 28.1 Å². The van der Waals surface area contributed by atoms with E-state index in [-0.39, 0.29) is 5.69 Å². The summed E-state index contributed by atoms with van der Waals surface area (Å²) < 4.78 is 29.8. The first-order chi connectivity index (χ1) is 13.0. The molecule has 10 heteroatoms. The number of rotatable bonds is 7. The SMILES string of the molecule is Cc1c(NC(=O)[C@@H](C)Oc2ccc(N(C)S(C)(=O)=O)cc2)cccc1[N+](=O)[O-]. The molecule has 0 aliphatic rings. The molecule has 28 heavy (non-hydrogen) atoms. The van der Waals surface area contributed by atoms with Crippen molar-refractivity contribution in [3.8, 4) is 5.75 Å². The summed E-state index contributed by atoms with van der Waals surface area (Å²) in [5.41, 5.74) is 1.05. The van der Waals surface area contributed by atoms with Crippen LogP contribution in [-0.4, -0.2) is 38.7 Å². The highest BCUT2D eigenvalue weighted by molar-refractivity contribution is 7.92. The monoisotopic (exact) mass is 407 g/mol. The summed E-state index contributed by atoms with van der Waals surface area (Å²) in [5, 5.41) is 13.6. The quantitative estimate of drug-likeness (QED) is 0.557. The lowest BCUT2D eigenvalue weighted by atomic mass is 10.1. The summed E-state index contributed by atoms with van der Waals surface area (Å²) in [7, 11) is -1.94. The van der Waals surface area contributed by atoms with Gasteiger partial charge >= 0.3 is 0 Å². The third-order valence-corrected chi connectivity index (χ3v) is 5.35. The molecular weight excluding hydrogens is 386 g/mol. The second-order valence-electron chi connectivity index (χ2n) is 6.18. The van der Waals surface area contributed by atoms with E-state index in [9.17, 15) is 23.3 Å². The number of hydrogen-bond acceptors (Lipinski definition) is 6. The van der Waals surface area contributed by atoms with Crippen molar-refractivity contribution in [3.63, 3.8) is 0 Å². The van der Waals surface area contributed by atoms with Gasteiger partial charge in [-0.2, -0.15) is 0 Å². The Morgan fingerprint density at radius 1 is 1.21 bits per heavy atom. The van der Waals surface area contributed by atoms with Crippen molar-refractivity contribution in [2.45, 2.75) is 20.0 Å². The average molecular weight is 407 g/mol. The number of carbonyl (C=O) groups is 1. The van der Waals surface area contributed by atoms with Crippen LogP contribution in [0.3, 0.4) is 0 Å². The van der Waals surface area contributed by atoms with Gasteiger partial charge in [-0.3, -0.25) is 19.2 Å². The molecule has 2 rings (SSSR count). The first kappa shape index (κ1) is 21.2. The van der Waals surface area contributed by atoms with E-state index in [1.54, 1.807) is 44.2 Å². The summed E-state index contributed by atoms with van der Waals surface area (Å²) in [5.74, 6) is -0.0926. The molecule has 0 radical (unpaired) electrons. The maximum absolute atomic E-state index is 12.4. The molecule has 0 spiro atoms.